The smallest absolute Gasteiger partial charge is 0.421 e. The zero-order valence-corrected chi connectivity index (χ0v) is 26.3. The van der Waals surface area contributed by atoms with E-state index in [2.05, 4.69) is 22.1 Å². The predicted molar refractivity (Wildman–Crippen MR) is 157 cm³/mol. The number of amides is 1. The second-order valence-electron chi connectivity index (χ2n) is 11.3. The lowest BCUT2D eigenvalue weighted by atomic mass is 9.82. The standard InChI is InChI=1S/C31H37F4N5O6/c1-18-6-8-20(9-7-18)29(41)40(22(16-43-3)17-44-4)26-13-25(32)27(12-23(26)30(42)45-5)46-28-24(31(33,34)35)11-19(14-36-28)10-21-15-37-39(2)38-21/h11-15,18,20,22H,6-10,16-17H2,1-5H3. The van der Waals surface area contributed by atoms with Crippen molar-refractivity contribution in [2.24, 2.45) is 18.9 Å². The third-order valence-electron chi connectivity index (χ3n) is 7.85. The molecule has 0 atom stereocenters. The Morgan fingerprint density at radius 1 is 1.04 bits per heavy atom. The first-order valence-electron chi connectivity index (χ1n) is 14.7. The van der Waals surface area contributed by atoms with Gasteiger partial charge in [0.2, 0.25) is 11.8 Å². The van der Waals surface area contributed by atoms with Crippen molar-refractivity contribution >= 4 is 17.6 Å². The number of rotatable bonds is 12. The fourth-order valence-corrected chi connectivity index (χ4v) is 5.53. The first-order chi connectivity index (χ1) is 21.9. The monoisotopic (exact) mass is 651 g/mol. The van der Waals surface area contributed by atoms with E-state index < -0.39 is 47.1 Å². The number of carbonyl (C=O) groups excluding carboxylic acids is 2. The lowest BCUT2D eigenvalue weighted by Gasteiger charge is -2.36. The third kappa shape index (κ3) is 8.18. The largest absolute Gasteiger partial charge is 0.465 e. The number of halogens is 4. The number of carbonyl (C=O) groups is 2. The number of nitrogens with zero attached hydrogens (tertiary/aromatic N) is 5. The minimum atomic E-state index is -4.92. The maximum Gasteiger partial charge on any atom is 0.421 e. The zero-order valence-electron chi connectivity index (χ0n) is 26.3. The van der Waals surface area contributed by atoms with Crippen LogP contribution in [0.15, 0.2) is 30.6 Å². The van der Waals surface area contributed by atoms with Crippen LogP contribution in [0.4, 0.5) is 23.2 Å². The molecule has 15 heteroatoms. The maximum atomic E-state index is 15.8. The van der Waals surface area contributed by atoms with E-state index in [1.165, 1.54) is 30.1 Å². The number of anilines is 1. The topological polar surface area (TPSA) is 118 Å². The zero-order chi connectivity index (χ0) is 33.6. The van der Waals surface area contributed by atoms with E-state index in [-0.39, 0.29) is 42.4 Å². The van der Waals surface area contributed by atoms with Crippen LogP contribution in [-0.4, -0.2) is 72.4 Å². The number of benzene rings is 1. The van der Waals surface area contributed by atoms with Crippen LogP contribution in [0.5, 0.6) is 11.6 Å². The van der Waals surface area contributed by atoms with Crippen LogP contribution in [-0.2, 0) is 38.6 Å². The highest BCUT2D eigenvalue weighted by molar-refractivity contribution is 6.04. The molecule has 3 aromatic rings. The Bertz CT molecular complexity index is 1520. The first-order valence-corrected chi connectivity index (χ1v) is 14.7. The van der Waals surface area contributed by atoms with Crippen molar-refractivity contribution in [1.29, 1.82) is 0 Å². The second kappa shape index (κ2) is 15.0. The molecule has 1 fully saturated rings. The fourth-order valence-electron chi connectivity index (χ4n) is 5.53. The molecule has 0 bridgehead atoms. The van der Waals surface area contributed by atoms with Gasteiger partial charge in [0.1, 0.15) is 5.56 Å². The number of methoxy groups -OCH3 is 3. The van der Waals surface area contributed by atoms with Gasteiger partial charge in [0.05, 0.1) is 49.5 Å². The quantitative estimate of drug-likeness (QED) is 0.189. The van der Waals surface area contributed by atoms with Crippen LogP contribution < -0.4 is 9.64 Å². The highest BCUT2D eigenvalue weighted by atomic mass is 19.4. The summed E-state index contributed by atoms with van der Waals surface area (Å²) in [6.45, 7) is 2.08. The normalized spacial score (nSPS) is 16.8. The number of esters is 1. The van der Waals surface area contributed by atoms with E-state index in [9.17, 15) is 22.8 Å². The second-order valence-corrected chi connectivity index (χ2v) is 11.3. The van der Waals surface area contributed by atoms with Gasteiger partial charge in [0.25, 0.3) is 0 Å². The Morgan fingerprint density at radius 3 is 2.28 bits per heavy atom. The molecule has 0 aliphatic heterocycles. The van der Waals surface area contributed by atoms with Gasteiger partial charge in [-0.25, -0.2) is 14.2 Å². The summed E-state index contributed by atoms with van der Waals surface area (Å²) in [5.41, 5.74) is -1.14. The van der Waals surface area contributed by atoms with Crippen LogP contribution in [0, 0.1) is 17.7 Å². The summed E-state index contributed by atoms with van der Waals surface area (Å²) in [6, 6.07) is 1.84. The molecule has 1 aromatic carbocycles. The molecule has 1 saturated carbocycles. The molecule has 4 rings (SSSR count). The average Bonchev–Trinajstić information content (AvgIpc) is 3.42. The van der Waals surface area contributed by atoms with E-state index in [1.54, 1.807) is 7.05 Å². The molecule has 2 heterocycles. The number of alkyl halides is 3. The van der Waals surface area contributed by atoms with Crippen LogP contribution in [0.1, 0.15) is 59.8 Å². The lowest BCUT2D eigenvalue weighted by Crippen LogP contribution is -2.49. The summed E-state index contributed by atoms with van der Waals surface area (Å²) in [4.78, 5) is 33.5. The van der Waals surface area contributed by atoms with Crippen molar-refractivity contribution in [2.75, 3.05) is 39.4 Å². The lowest BCUT2D eigenvalue weighted by molar-refractivity contribution is -0.139. The summed E-state index contributed by atoms with van der Waals surface area (Å²) in [5, 5.41) is 7.97. The van der Waals surface area contributed by atoms with Crippen molar-refractivity contribution in [2.45, 2.75) is 51.2 Å². The van der Waals surface area contributed by atoms with Gasteiger partial charge in [-0.15, -0.1) is 0 Å². The molecule has 1 amide bonds. The third-order valence-corrected chi connectivity index (χ3v) is 7.85. The van der Waals surface area contributed by atoms with Crippen LogP contribution in [0.25, 0.3) is 0 Å². The Kier molecular flexibility index (Phi) is 11.3. The van der Waals surface area contributed by atoms with E-state index in [4.69, 9.17) is 18.9 Å². The molecule has 11 nitrogen and oxygen atoms in total. The maximum absolute atomic E-state index is 15.8. The van der Waals surface area contributed by atoms with Crippen molar-refractivity contribution in [1.82, 2.24) is 20.0 Å². The summed E-state index contributed by atoms with van der Waals surface area (Å²) in [6.07, 6.45) is 0.484. The molecule has 250 valence electrons. The van der Waals surface area contributed by atoms with Gasteiger partial charge in [-0.3, -0.25) is 4.79 Å². The van der Waals surface area contributed by atoms with Gasteiger partial charge in [-0.05, 0) is 43.2 Å². The SMILES string of the molecule is COCC(COC)N(C(=O)C1CCC(C)CC1)c1cc(F)c(Oc2ncc(Cc3cnn(C)n3)cc2C(F)(F)F)cc1C(=O)OC. The van der Waals surface area contributed by atoms with E-state index in [1.807, 2.05) is 0 Å². The van der Waals surface area contributed by atoms with Crippen molar-refractivity contribution in [3.05, 3.63) is 58.8 Å². The van der Waals surface area contributed by atoms with Crippen LogP contribution in [0.2, 0.25) is 0 Å². The Hall–Kier alpha value is -4.11. The van der Waals surface area contributed by atoms with Gasteiger partial charge < -0.3 is 23.8 Å². The number of pyridine rings is 1. The number of aryl methyl sites for hydroxylation is 1. The Morgan fingerprint density at radius 2 is 1.72 bits per heavy atom. The number of aromatic nitrogens is 4. The van der Waals surface area contributed by atoms with Crippen molar-refractivity contribution < 1.29 is 46.1 Å². The molecular formula is C31H37F4N5O6. The molecule has 46 heavy (non-hydrogen) atoms. The first kappa shape index (κ1) is 34.8. The molecule has 2 aromatic heterocycles. The molecule has 0 radical (unpaired) electrons. The number of hydrogen-bond acceptors (Lipinski definition) is 9. The van der Waals surface area contributed by atoms with Gasteiger partial charge in [-0.1, -0.05) is 6.92 Å². The van der Waals surface area contributed by atoms with E-state index >= 15 is 4.39 Å². The highest BCUT2D eigenvalue weighted by Gasteiger charge is 2.38. The minimum absolute atomic E-state index is 0.00757. The van der Waals surface area contributed by atoms with Gasteiger partial charge in [0, 0.05) is 51.9 Å². The summed E-state index contributed by atoms with van der Waals surface area (Å²) < 4.78 is 79.3. The van der Waals surface area contributed by atoms with Gasteiger partial charge >= 0.3 is 12.1 Å². The van der Waals surface area contributed by atoms with E-state index in [0.29, 0.717) is 24.5 Å². The highest BCUT2D eigenvalue weighted by Crippen LogP contribution is 2.40. The van der Waals surface area contributed by atoms with Crippen LogP contribution in [0.3, 0.4) is 0 Å². The molecular weight excluding hydrogens is 614 g/mol. The predicted octanol–water partition coefficient (Wildman–Crippen LogP) is 5.36. The van der Waals surface area contributed by atoms with E-state index in [0.717, 1.165) is 44.3 Å². The number of ether oxygens (including phenoxy) is 4. The summed E-state index contributed by atoms with van der Waals surface area (Å²) >= 11 is 0. The molecule has 1 aliphatic carbocycles. The fraction of sp³-hybridized carbons (Fsp3) is 0.516. The van der Waals surface area contributed by atoms with Crippen LogP contribution >= 0.6 is 0 Å². The summed E-state index contributed by atoms with van der Waals surface area (Å²) in [7, 11) is 5.51. The minimum Gasteiger partial charge on any atom is -0.465 e. The van der Waals surface area contributed by atoms with Crippen molar-refractivity contribution in [3.8, 4) is 11.6 Å². The summed E-state index contributed by atoms with van der Waals surface area (Å²) in [5.74, 6) is -4.07. The van der Waals surface area contributed by atoms with Gasteiger partial charge in [0.15, 0.2) is 11.6 Å². The molecule has 0 saturated heterocycles. The Balaban J connectivity index is 1.77. The molecule has 0 spiro atoms. The molecule has 0 N–H and O–H groups in total. The molecule has 1 aliphatic rings. The van der Waals surface area contributed by atoms with Crippen molar-refractivity contribution in [3.63, 3.8) is 0 Å². The molecule has 0 unspecified atom stereocenters. The van der Waals surface area contributed by atoms with Gasteiger partial charge in [-0.2, -0.15) is 28.2 Å². The Labute approximate surface area is 263 Å². The number of hydrogen-bond donors (Lipinski definition) is 0. The average molecular weight is 652 g/mol.